The number of anilines is 1. The number of ether oxygens (including phenoxy) is 2. The molecule has 8 nitrogen and oxygen atoms in total. The van der Waals surface area contributed by atoms with Gasteiger partial charge in [-0.25, -0.2) is 13.2 Å². The van der Waals surface area contributed by atoms with Gasteiger partial charge in [0.05, 0.1) is 23.4 Å². The minimum Gasteiger partial charge on any atom is -0.465 e. The number of hydrogen-bond acceptors (Lipinski definition) is 8. The Morgan fingerprint density at radius 2 is 1.88 bits per heavy atom. The molecule has 2 heterocycles. The molecule has 0 aliphatic carbocycles. The van der Waals surface area contributed by atoms with E-state index < -0.39 is 15.8 Å². The number of halogens is 1. The Labute approximate surface area is 199 Å². The SMILES string of the molecule is COC(=O)c1cc(C)c2c(c1)S(=O)(=O)Cc1cc(NCCN3CCN(C)CC3)cc(Cl)c1O2. The minimum atomic E-state index is -3.79. The third-order valence-electron chi connectivity index (χ3n) is 6.02. The molecule has 1 saturated heterocycles. The van der Waals surface area contributed by atoms with Gasteiger partial charge in [-0.3, -0.25) is 4.90 Å². The van der Waals surface area contributed by atoms with Crippen LogP contribution < -0.4 is 10.1 Å². The number of nitrogens with one attached hydrogen (secondary N) is 1. The van der Waals surface area contributed by atoms with Crippen LogP contribution in [0.1, 0.15) is 21.5 Å². The Bertz CT molecular complexity index is 1180. The van der Waals surface area contributed by atoms with Gasteiger partial charge in [-0.1, -0.05) is 11.6 Å². The van der Waals surface area contributed by atoms with E-state index >= 15 is 0 Å². The van der Waals surface area contributed by atoms with Crippen molar-refractivity contribution >= 4 is 33.1 Å². The van der Waals surface area contributed by atoms with Crippen LogP contribution in [-0.4, -0.2) is 77.6 Å². The maximum atomic E-state index is 13.2. The van der Waals surface area contributed by atoms with Crippen molar-refractivity contribution in [2.45, 2.75) is 17.6 Å². The number of methoxy groups -OCH3 is 1. The number of aryl methyl sites for hydroxylation is 1. The summed E-state index contributed by atoms with van der Waals surface area (Å²) in [7, 11) is -0.410. The maximum Gasteiger partial charge on any atom is 0.337 e. The van der Waals surface area contributed by atoms with Gasteiger partial charge in [0.1, 0.15) is 16.4 Å². The first-order valence-corrected chi connectivity index (χ1v) is 12.8. The summed E-state index contributed by atoms with van der Waals surface area (Å²) >= 11 is 6.53. The second kappa shape index (κ2) is 9.50. The Balaban J connectivity index is 1.58. The number of nitrogens with zero attached hydrogens (tertiary/aromatic N) is 2. The molecule has 4 rings (SSSR count). The topological polar surface area (TPSA) is 88.2 Å². The highest BCUT2D eigenvalue weighted by Gasteiger charge is 2.31. The highest BCUT2D eigenvalue weighted by Crippen LogP contribution is 2.44. The molecule has 1 fully saturated rings. The zero-order valence-electron chi connectivity index (χ0n) is 19.0. The third-order valence-corrected chi connectivity index (χ3v) is 7.97. The van der Waals surface area contributed by atoms with Crippen LogP contribution in [0.15, 0.2) is 29.2 Å². The van der Waals surface area contributed by atoms with Crippen molar-refractivity contribution in [3.63, 3.8) is 0 Å². The molecule has 0 saturated carbocycles. The van der Waals surface area contributed by atoms with Crippen LogP contribution in [0.4, 0.5) is 5.69 Å². The predicted octanol–water partition coefficient (Wildman–Crippen LogP) is 3.17. The number of hydrogen-bond donors (Lipinski definition) is 1. The zero-order chi connectivity index (χ0) is 23.8. The summed E-state index contributed by atoms with van der Waals surface area (Å²) in [5, 5.41) is 3.68. The summed E-state index contributed by atoms with van der Waals surface area (Å²) in [5.74, 6) is -0.396. The molecule has 0 aromatic heterocycles. The fourth-order valence-corrected chi connectivity index (χ4v) is 5.98. The van der Waals surface area contributed by atoms with Crippen molar-refractivity contribution in [2.75, 3.05) is 58.7 Å². The number of carbonyl (C=O) groups excluding carboxylic acids is 1. The second-order valence-electron chi connectivity index (χ2n) is 8.49. The number of likely N-dealkylation sites (N-methyl/N-ethyl adjacent to an activating group) is 1. The molecule has 2 aliphatic rings. The molecular formula is C23H28ClN3O5S. The Hall–Kier alpha value is -2.33. The molecule has 0 amide bonds. The summed E-state index contributed by atoms with van der Waals surface area (Å²) in [6.45, 7) is 7.45. The normalized spacial score (nSPS) is 17.9. The van der Waals surface area contributed by atoms with E-state index in [2.05, 4.69) is 22.2 Å². The number of rotatable bonds is 5. The van der Waals surface area contributed by atoms with Gasteiger partial charge in [-0.2, -0.15) is 0 Å². The van der Waals surface area contributed by atoms with Crippen LogP contribution in [0.2, 0.25) is 5.02 Å². The van der Waals surface area contributed by atoms with Crippen LogP contribution in [0.3, 0.4) is 0 Å². The monoisotopic (exact) mass is 493 g/mol. The van der Waals surface area contributed by atoms with Gasteiger partial charge in [0, 0.05) is 50.5 Å². The van der Waals surface area contributed by atoms with Crippen molar-refractivity contribution < 1.29 is 22.7 Å². The number of benzene rings is 2. The first kappa shape index (κ1) is 23.8. The maximum absolute atomic E-state index is 13.2. The predicted molar refractivity (Wildman–Crippen MR) is 127 cm³/mol. The van der Waals surface area contributed by atoms with E-state index in [0.29, 0.717) is 28.4 Å². The molecule has 10 heteroatoms. The van der Waals surface area contributed by atoms with Gasteiger partial charge in [-0.05, 0) is 43.8 Å². The zero-order valence-corrected chi connectivity index (χ0v) is 20.6. The van der Waals surface area contributed by atoms with E-state index in [1.807, 2.05) is 0 Å². The van der Waals surface area contributed by atoms with Gasteiger partial charge < -0.3 is 19.7 Å². The van der Waals surface area contributed by atoms with Gasteiger partial charge in [0.2, 0.25) is 0 Å². The average Bonchev–Trinajstić information content (AvgIpc) is 2.88. The van der Waals surface area contributed by atoms with Crippen LogP contribution in [0, 0.1) is 6.92 Å². The highest BCUT2D eigenvalue weighted by molar-refractivity contribution is 7.90. The summed E-state index contributed by atoms with van der Waals surface area (Å²) in [4.78, 5) is 16.7. The molecule has 0 radical (unpaired) electrons. The molecule has 178 valence electrons. The summed E-state index contributed by atoms with van der Waals surface area (Å²) < 4.78 is 37.3. The molecule has 33 heavy (non-hydrogen) atoms. The summed E-state index contributed by atoms with van der Waals surface area (Å²) in [6, 6.07) is 6.37. The number of piperazine rings is 1. The molecule has 2 aromatic rings. The second-order valence-corrected chi connectivity index (χ2v) is 10.9. The van der Waals surface area contributed by atoms with Gasteiger partial charge in [-0.15, -0.1) is 0 Å². The number of fused-ring (bicyclic) bond motifs is 2. The van der Waals surface area contributed by atoms with E-state index in [1.54, 1.807) is 25.1 Å². The Kier molecular flexibility index (Phi) is 6.86. The summed E-state index contributed by atoms with van der Waals surface area (Å²) in [5.41, 5.74) is 1.88. The molecule has 2 aromatic carbocycles. The van der Waals surface area contributed by atoms with Crippen molar-refractivity contribution in [1.29, 1.82) is 0 Å². The molecule has 1 N–H and O–H groups in total. The van der Waals surface area contributed by atoms with Gasteiger partial charge in [0.15, 0.2) is 9.84 Å². The van der Waals surface area contributed by atoms with Crippen molar-refractivity contribution in [3.8, 4) is 11.5 Å². The Morgan fingerprint density at radius 1 is 1.15 bits per heavy atom. The molecule has 0 unspecified atom stereocenters. The molecule has 0 bridgehead atoms. The van der Waals surface area contributed by atoms with Crippen LogP contribution in [0.5, 0.6) is 11.5 Å². The van der Waals surface area contributed by atoms with Crippen molar-refractivity contribution in [3.05, 3.63) is 46.0 Å². The van der Waals surface area contributed by atoms with Crippen LogP contribution in [-0.2, 0) is 20.3 Å². The standard InChI is InChI=1S/C23H28ClN3O5S/c1-15-10-16(23(28)31-3)12-20-21(15)32-22-17(14-33(20,29)30)11-18(13-19(22)24)25-4-5-27-8-6-26(2)7-9-27/h10-13,25H,4-9,14H2,1-3H3. The van der Waals surface area contributed by atoms with Crippen LogP contribution in [0.25, 0.3) is 0 Å². The molecule has 0 spiro atoms. The fourth-order valence-electron chi connectivity index (χ4n) is 4.13. The lowest BCUT2D eigenvalue weighted by Gasteiger charge is -2.32. The molecule has 2 aliphatic heterocycles. The van der Waals surface area contributed by atoms with Gasteiger partial charge in [0.25, 0.3) is 0 Å². The molecule has 0 atom stereocenters. The highest BCUT2D eigenvalue weighted by atomic mass is 35.5. The first-order valence-electron chi connectivity index (χ1n) is 10.8. The lowest BCUT2D eigenvalue weighted by molar-refractivity contribution is 0.0600. The van der Waals surface area contributed by atoms with E-state index in [1.165, 1.54) is 13.2 Å². The Morgan fingerprint density at radius 3 is 2.58 bits per heavy atom. The minimum absolute atomic E-state index is 0.0419. The van der Waals surface area contributed by atoms with Crippen LogP contribution >= 0.6 is 11.6 Å². The lowest BCUT2D eigenvalue weighted by Crippen LogP contribution is -2.45. The van der Waals surface area contributed by atoms with E-state index in [4.69, 9.17) is 21.1 Å². The largest absolute Gasteiger partial charge is 0.465 e. The molecular weight excluding hydrogens is 466 g/mol. The first-order chi connectivity index (χ1) is 15.7. The number of sulfone groups is 1. The number of esters is 1. The van der Waals surface area contributed by atoms with E-state index in [9.17, 15) is 13.2 Å². The fraction of sp³-hybridized carbons (Fsp3) is 0.435. The van der Waals surface area contributed by atoms with Crippen molar-refractivity contribution in [2.24, 2.45) is 0 Å². The summed E-state index contributed by atoms with van der Waals surface area (Å²) in [6.07, 6.45) is 0. The average molecular weight is 494 g/mol. The lowest BCUT2D eigenvalue weighted by atomic mass is 10.1. The quantitative estimate of drug-likeness (QED) is 0.635. The van der Waals surface area contributed by atoms with E-state index in [-0.39, 0.29) is 22.0 Å². The van der Waals surface area contributed by atoms with E-state index in [0.717, 1.165) is 38.4 Å². The van der Waals surface area contributed by atoms with Gasteiger partial charge >= 0.3 is 5.97 Å². The smallest absolute Gasteiger partial charge is 0.337 e. The third kappa shape index (κ3) is 5.11. The number of carbonyl (C=O) groups is 1. The van der Waals surface area contributed by atoms with Crippen molar-refractivity contribution in [1.82, 2.24) is 9.80 Å².